The molecule has 1 aromatic carbocycles. The maximum absolute atomic E-state index is 13.4. The van der Waals surface area contributed by atoms with Gasteiger partial charge in [-0.2, -0.15) is 0 Å². The quantitative estimate of drug-likeness (QED) is 0.666. The predicted molar refractivity (Wildman–Crippen MR) is 105 cm³/mol. The van der Waals surface area contributed by atoms with Crippen LogP contribution in [0, 0.1) is 5.82 Å². The molecule has 3 nitrogen and oxygen atoms in total. The van der Waals surface area contributed by atoms with Crippen molar-refractivity contribution in [2.45, 2.75) is 31.7 Å². The van der Waals surface area contributed by atoms with E-state index in [1.165, 1.54) is 24.5 Å². The van der Waals surface area contributed by atoms with Crippen LogP contribution in [0.15, 0.2) is 67.0 Å². The fourth-order valence-electron chi connectivity index (χ4n) is 3.87. The van der Waals surface area contributed by atoms with E-state index in [0.29, 0.717) is 12.3 Å². The van der Waals surface area contributed by atoms with Crippen LogP contribution in [-0.4, -0.2) is 28.0 Å². The molecule has 1 atom stereocenters. The number of piperidine rings is 1. The predicted octanol–water partition coefficient (Wildman–Crippen LogP) is 4.59. The van der Waals surface area contributed by atoms with E-state index in [4.69, 9.17) is 4.98 Å². The molecule has 0 spiro atoms. The van der Waals surface area contributed by atoms with E-state index >= 15 is 0 Å². The first-order valence-corrected chi connectivity index (χ1v) is 9.58. The van der Waals surface area contributed by atoms with Gasteiger partial charge in [0.05, 0.1) is 0 Å². The standard InChI is InChI=1S/C23H24FN3/c24-21-8-1-5-18(13-21)14-22-9-2-10-23(26-22)20-7-4-12-27(17-20)16-19-6-3-11-25-15-19/h1-3,5-6,8-11,13,15,20H,4,7,12,14,16-17H2/t20-/m0/s1. The highest BCUT2D eigenvalue weighted by Gasteiger charge is 2.22. The summed E-state index contributed by atoms with van der Waals surface area (Å²) in [5.74, 6) is 0.254. The molecule has 1 fully saturated rings. The van der Waals surface area contributed by atoms with E-state index in [9.17, 15) is 4.39 Å². The van der Waals surface area contributed by atoms with Crippen molar-refractivity contribution in [3.63, 3.8) is 0 Å². The number of nitrogens with zero attached hydrogens (tertiary/aromatic N) is 3. The van der Waals surface area contributed by atoms with Gasteiger partial charge in [-0.3, -0.25) is 14.9 Å². The minimum atomic E-state index is -0.193. The molecule has 0 unspecified atom stereocenters. The topological polar surface area (TPSA) is 29.0 Å². The number of hydrogen-bond donors (Lipinski definition) is 0. The Hall–Kier alpha value is -2.59. The lowest BCUT2D eigenvalue weighted by atomic mass is 9.93. The Balaban J connectivity index is 1.44. The molecular formula is C23H24FN3. The molecule has 0 amide bonds. The fraction of sp³-hybridized carbons (Fsp3) is 0.304. The zero-order valence-corrected chi connectivity index (χ0v) is 15.4. The van der Waals surface area contributed by atoms with Crippen LogP contribution >= 0.6 is 0 Å². The molecule has 0 bridgehead atoms. The van der Waals surface area contributed by atoms with Crippen LogP contribution in [0.25, 0.3) is 0 Å². The first-order valence-electron chi connectivity index (χ1n) is 9.58. The largest absolute Gasteiger partial charge is 0.298 e. The van der Waals surface area contributed by atoms with Crippen LogP contribution < -0.4 is 0 Å². The maximum Gasteiger partial charge on any atom is 0.123 e. The van der Waals surface area contributed by atoms with Gasteiger partial charge in [0.25, 0.3) is 0 Å². The summed E-state index contributed by atoms with van der Waals surface area (Å²) < 4.78 is 13.4. The minimum Gasteiger partial charge on any atom is -0.298 e. The molecule has 3 aromatic rings. The van der Waals surface area contributed by atoms with Crippen molar-refractivity contribution in [1.82, 2.24) is 14.9 Å². The molecule has 1 saturated heterocycles. The number of benzene rings is 1. The van der Waals surface area contributed by atoms with Gasteiger partial charge in [-0.1, -0.05) is 24.3 Å². The fourth-order valence-corrected chi connectivity index (χ4v) is 3.87. The average molecular weight is 361 g/mol. The van der Waals surface area contributed by atoms with Crippen LogP contribution in [0.2, 0.25) is 0 Å². The molecule has 0 aliphatic carbocycles. The number of hydrogen-bond acceptors (Lipinski definition) is 3. The van der Waals surface area contributed by atoms with Gasteiger partial charge in [0.15, 0.2) is 0 Å². The summed E-state index contributed by atoms with van der Waals surface area (Å²) in [6.45, 7) is 3.08. The average Bonchev–Trinajstić information content (AvgIpc) is 2.69. The first-order chi connectivity index (χ1) is 13.3. The van der Waals surface area contributed by atoms with Crippen molar-refractivity contribution in [3.05, 3.63) is 95.3 Å². The van der Waals surface area contributed by atoms with Crippen molar-refractivity contribution in [3.8, 4) is 0 Å². The normalized spacial score (nSPS) is 17.7. The van der Waals surface area contributed by atoms with E-state index in [0.717, 1.165) is 36.6 Å². The SMILES string of the molecule is Fc1cccc(Cc2cccc([C@H]3CCCN(Cc4cccnc4)C3)n2)c1. The Morgan fingerprint density at radius 3 is 2.78 bits per heavy atom. The van der Waals surface area contributed by atoms with Gasteiger partial charge in [-0.25, -0.2) is 4.39 Å². The lowest BCUT2D eigenvalue weighted by Crippen LogP contribution is -2.34. The molecule has 1 aliphatic rings. The summed E-state index contributed by atoms with van der Waals surface area (Å²) in [4.78, 5) is 11.6. The van der Waals surface area contributed by atoms with Crippen LogP contribution in [0.5, 0.6) is 0 Å². The van der Waals surface area contributed by atoms with E-state index in [1.54, 1.807) is 12.1 Å². The van der Waals surface area contributed by atoms with E-state index < -0.39 is 0 Å². The van der Waals surface area contributed by atoms with Gasteiger partial charge >= 0.3 is 0 Å². The molecule has 0 radical (unpaired) electrons. The zero-order valence-electron chi connectivity index (χ0n) is 15.4. The van der Waals surface area contributed by atoms with Crippen molar-refractivity contribution in [2.24, 2.45) is 0 Å². The minimum absolute atomic E-state index is 0.193. The van der Waals surface area contributed by atoms with Gasteiger partial charge in [-0.05, 0) is 60.8 Å². The second-order valence-corrected chi connectivity index (χ2v) is 7.30. The molecule has 4 heteroatoms. The second-order valence-electron chi connectivity index (χ2n) is 7.30. The number of pyridine rings is 2. The molecular weight excluding hydrogens is 337 g/mol. The van der Waals surface area contributed by atoms with E-state index in [1.807, 2.05) is 30.6 Å². The number of halogens is 1. The highest BCUT2D eigenvalue weighted by atomic mass is 19.1. The van der Waals surface area contributed by atoms with Crippen molar-refractivity contribution in [1.29, 1.82) is 0 Å². The van der Waals surface area contributed by atoms with Gasteiger partial charge in [0.2, 0.25) is 0 Å². The number of rotatable bonds is 5. The Labute approximate surface area is 159 Å². The van der Waals surface area contributed by atoms with E-state index in [-0.39, 0.29) is 5.82 Å². The third kappa shape index (κ3) is 4.77. The summed E-state index contributed by atoms with van der Waals surface area (Å²) in [7, 11) is 0. The Kier molecular flexibility index (Phi) is 5.54. The number of aromatic nitrogens is 2. The monoisotopic (exact) mass is 361 g/mol. The second kappa shape index (κ2) is 8.40. The van der Waals surface area contributed by atoms with Crippen LogP contribution in [0.3, 0.4) is 0 Å². The molecule has 138 valence electrons. The molecule has 1 aliphatic heterocycles. The third-order valence-corrected chi connectivity index (χ3v) is 5.16. The first kappa shape index (κ1) is 17.8. The van der Waals surface area contributed by atoms with Crippen LogP contribution in [0.4, 0.5) is 4.39 Å². The van der Waals surface area contributed by atoms with Crippen LogP contribution in [0.1, 0.15) is 41.3 Å². The summed E-state index contributed by atoms with van der Waals surface area (Å²) in [5, 5.41) is 0. The van der Waals surface area contributed by atoms with Gasteiger partial charge in [0, 0.05) is 49.2 Å². The van der Waals surface area contributed by atoms with Crippen molar-refractivity contribution in [2.75, 3.05) is 13.1 Å². The summed E-state index contributed by atoms with van der Waals surface area (Å²) >= 11 is 0. The Morgan fingerprint density at radius 2 is 1.93 bits per heavy atom. The van der Waals surface area contributed by atoms with Gasteiger partial charge < -0.3 is 0 Å². The highest BCUT2D eigenvalue weighted by molar-refractivity contribution is 5.24. The molecule has 0 saturated carbocycles. The van der Waals surface area contributed by atoms with Gasteiger partial charge in [-0.15, -0.1) is 0 Å². The summed E-state index contributed by atoms with van der Waals surface area (Å²) in [6.07, 6.45) is 6.77. The Bertz CT molecular complexity index is 882. The molecule has 2 aromatic heterocycles. The maximum atomic E-state index is 13.4. The van der Waals surface area contributed by atoms with Crippen molar-refractivity contribution < 1.29 is 4.39 Å². The smallest absolute Gasteiger partial charge is 0.123 e. The summed E-state index contributed by atoms with van der Waals surface area (Å²) in [5.41, 5.74) is 4.37. The molecule has 0 N–H and O–H groups in total. The lowest BCUT2D eigenvalue weighted by Gasteiger charge is -2.32. The van der Waals surface area contributed by atoms with E-state index in [2.05, 4.69) is 28.1 Å². The lowest BCUT2D eigenvalue weighted by molar-refractivity contribution is 0.198. The molecule has 4 rings (SSSR count). The molecule has 27 heavy (non-hydrogen) atoms. The van der Waals surface area contributed by atoms with Gasteiger partial charge in [0.1, 0.15) is 5.82 Å². The summed E-state index contributed by atoms with van der Waals surface area (Å²) in [6, 6.07) is 17.1. The Morgan fingerprint density at radius 1 is 1.04 bits per heavy atom. The van der Waals surface area contributed by atoms with Crippen LogP contribution in [-0.2, 0) is 13.0 Å². The number of likely N-dealkylation sites (tertiary alicyclic amines) is 1. The molecule has 3 heterocycles. The highest BCUT2D eigenvalue weighted by Crippen LogP contribution is 2.27. The van der Waals surface area contributed by atoms with Crippen molar-refractivity contribution >= 4 is 0 Å². The third-order valence-electron chi connectivity index (χ3n) is 5.16. The zero-order chi connectivity index (χ0) is 18.5.